The van der Waals surface area contributed by atoms with Gasteiger partial charge in [0.15, 0.2) is 5.43 Å². The Morgan fingerprint density at radius 1 is 0.700 bits per heavy atom. The van der Waals surface area contributed by atoms with Gasteiger partial charge in [0.05, 0.1) is 5.39 Å². The summed E-state index contributed by atoms with van der Waals surface area (Å²) >= 11 is 0. The molecule has 0 bridgehead atoms. The minimum absolute atomic E-state index is 0.114. The average molecular weight is 262 g/mol. The van der Waals surface area contributed by atoms with Crippen molar-refractivity contribution in [2.24, 2.45) is 0 Å². The number of hydrogen-bond donors (Lipinski definition) is 2. The second-order valence-corrected chi connectivity index (χ2v) is 4.75. The number of pyridine rings is 2. The van der Waals surface area contributed by atoms with E-state index in [2.05, 4.69) is 9.97 Å². The molecule has 4 heteroatoms. The van der Waals surface area contributed by atoms with Crippen molar-refractivity contribution in [3.8, 4) is 0 Å². The fourth-order valence-corrected chi connectivity index (χ4v) is 2.66. The molecule has 0 aliphatic heterocycles. The molecule has 4 rings (SSSR count). The van der Waals surface area contributed by atoms with Crippen molar-refractivity contribution >= 4 is 32.7 Å². The Kier molecular flexibility index (Phi) is 2.09. The molecule has 0 radical (unpaired) electrons. The molecule has 20 heavy (non-hydrogen) atoms. The van der Waals surface area contributed by atoms with E-state index >= 15 is 0 Å². The summed E-state index contributed by atoms with van der Waals surface area (Å²) in [7, 11) is 0. The van der Waals surface area contributed by atoms with Gasteiger partial charge in [-0.05, 0) is 18.2 Å². The number of aromatic amines is 2. The Labute approximate surface area is 112 Å². The lowest BCUT2D eigenvalue weighted by atomic mass is 10.1. The first-order chi connectivity index (χ1) is 9.75. The smallest absolute Gasteiger partial charge is 0.272 e. The van der Waals surface area contributed by atoms with E-state index in [9.17, 15) is 9.59 Å². The summed E-state index contributed by atoms with van der Waals surface area (Å²) in [5.41, 5.74) is 1.28. The van der Waals surface area contributed by atoms with E-state index in [1.165, 1.54) is 0 Å². The fourth-order valence-electron chi connectivity index (χ4n) is 2.66. The van der Waals surface area contributed by atoms with E-state index in [4.69, 9.17) is 0 Å². The molecule has 2 heterocycles. The van der Waals surface area contributed by atoms with Gasteiger partial charge in [-0.3, -0.25) is 9.59 Å². The number of rotatable bonds is 0. The molecule has 0 saturated carbocycles. The third kappa shape index (κ3) is 1.36. The topological polar surface area (TPSA) is 65.7 Å². The molecule has 2 N–H and O–H groups in total. The quantitative estimate of drug-likeness (QED) is 0.378. The lowest BCUT2D eigenvalue weighted by Gasteiger charge is -2.05. The summed E-state index contributed by atoms with van der Waals surface area (Å²) in [5, 5.41) is 1.80. The molecular formula is C16H10N2O2. The van der Waals surface area contributed by atoms with Gasteiger partial charge in [0.2, 0.25) is 0 Å². The maximum atomic E-state index is 12.7. The van der Waals surface area contributed by atoms with E-state index in [-0.39, 0.29) is 11.0 Å². The summed E-state index contributed by atoms with van der Waals surface area (Å²) in [6.07, 6.45) is 0. The van der Waals surface area contributed by atoms with Crippen LogP contribution in [0.15, 0.2) is 58.1 Å². The van der Waals surface area contributed by atoms with Crippen LogP contribution in [0, 0.1) is 0 Å². The maximum absolute atomic E-state index is 12.7. The van der Waals surface area contributed by atoms with E-state index < -0.39 is 0 Å². The highest BCUT2D eigenvalue weighted by molar-refractivity contribution is 6.07. The third-order valence-electron chi connectivity index (χ3n) is 3.58. The monoisotopic (exact) mass is 262 g/mol. The molecule has 0 amide bonds. The summed E-state index contributed by atoms with van der Waals surface area (Å²) in [6, 6.07) is 14.5. The van der Waals surface area contributed by atoms with E-state index in [0.29, 0.717) is 27.3 Å². The van der Waals surface area contributed by atoms with Gasteiger partial charge < -0.3 is 9.97 Å². The van der Waals surface area contributed by atoms with Gasteiger partial charge in [-0.15, -0.1) is 0 Å². The molecule has 0 spiro atoms. The van der Waals surface area contributed by atoms with Crippen LogP contribution in [0.5, 0.6) is 0 Å². The van der Waals surface area contributed by atoms with Gasteiger partial charge in [0.25, 0.3) is 5.56 Å². The number of nitrogens with one attached hydrogen (secondary N) is 2. The zero-order valence-electron chi connectivity index (χ0n) is 10.4. The van der Waals surface area contributed by atoms with Gasteiger partial charge in [0, 0.05) is 21.8 Å². The van der Waals surface area contributed by atoms with Crippen molar-refractivity contribution in [1.29, 1.82) is 0 Å². The Morgan fingerprint density at radius 3 is 2.05 bits per heavy atom. The zero-order valence-corrected chi connectivity index (χ0v) is 10.4. The van der Waals surface area contributed by atoms with Crippen LogP contribution < -0.4 is 11.0 Å². The number of hydrogen-bond acceptors (Lipinski definition) is 2. The first-order valence-corrected chi connectivity index (χ1v) is 6.31. The van der Waals surface area contributed by atoms with Gasteiger partial charge in [-0.2, -0.15) is 0 Å². The number of aromatic nitrogens is 2. The molecule has 0 unspecified atom stereocenters. The normalized spacial score (nSPS) is 11.4. The zero-order chi connectivity index (χ0) is 13.7. The molecule has 0 fully saturated rings. The van der Waals surface area contributed by atoms with Crippen molar-refractivity contribution in [3.63, 3.8) is 0 Å². The molecule has 0 saturated heterocycles. The lowest BCUT2D eigenvalue weighted by Crippen LogP contribution is -2.14. The van der Waals surface area contributed by atoms with E-state index in [0.717, 1.165) is 5.39 Å². The molecule has 4 aromatic rings. The second kappa shape index (κ2) is 3.81. The van der Waals surface area contributed by atoms with E-state index in [1.54, 1.807) is 18.2 Å². The summed E-state index contributed by atoms with van der Waals surface area (Å²) in [4.78, 5) is 30.7. The van der Waals surface area contributed by atoms with Gasteiger partial charge in [-0.25, -0.2) is 0 Å². The Bertz CT molecular complexity index is 1080. The molecule has 2 aromatic heterocycles. The lowest BCUT2D eigenvalue weighted by molar-refractivity contribution is 1.30. The van der Waals surface area contributed by atoms with Gasteiger partial charge in [0.1, 0.15) is 5.52 Å². The van der Waals surface area contributed by atoms with Crippen LogP contribution in [0.25, 0.3) is 32.7 Å². The average Bonchev–Trinajstić information content (AvgIpc) is 2.48. The number of fused-ring (bicyclic) bond motifs is 4. The number of para-hydroxylation sites is 2. The number of benzene rings is 2. The third-order valence-corrected chi connectivity index (χ3v) is 3.58. The Hall–Kier alpha value is -2.88. The molecule has 2 aromatic carbocycles. The molecule has 0 aliphatic rings. The summed E-state index contributed by atoms with van der Waals surface area (Å²) < 4.78 is 0. The van der Waals surface area contributed by atoms with Crippen molar-refractivity contribution in [2.75, 3.05) is 0 Å². The highest BCUT2D eigenvalue weighted by Crippen LogP contribution is 2.19. The fraction of sp³-hybridized carbons (Fsp3) is 0. The van der Waals surface area contributed by atoms with Crippen LogP contribution >= 0.6 is 0 Å². The predicted molar refractivity (Wildman–Crippen MR) is 80.2 cm³/mol. The molecule has 0 aliphatic carbocycles. The van der Waals surface area contributed by atoms with Crippen LogP contribution in [0.1, 0.15) is 0 Å². The van der Waals surface area contributed by atoms with Crippen LogP contribution in [0.3, 0.4) is 0 Å². The first kappa shape index (κ1) is 11.0. The Balaban J connectivity index is 2.44. The van der Waals surface area contributed by atoms with E-state index in [1.807, 2.05) is 30.3 Å². The van der Waals surface area contributed by atoms with Gasteiger partial charge in [-0.1, -0.05) is 30.3 Å². The van der Waals surface area contributed by atoms with Crippen molar-refractivity contribution in [1.82, 2.24) is 9.97 Å². The summed E-state index contributed by atoms with van der Waals surface area (Å²) in [5.74, 6) is 0. The highest BCUT2D eigenvalue weighted by atomic mass is 16.1. The SMILES string of the molecule is O=c1[nH]c2ccccc2c2c(=O)c3ccccc3[nH]c12. The second-order valence-electron chi connectivity index (χ2n) is 4.75. The predicted octanol–water partition coefficient (Wildman–Crippen LogP) is 2.52. The largest absolute Gasteiger partial charge is 0.350 e. The van der Waals surface area contributed by atoms with Crippen LogP contribution in [-0.4, -0.2) is 9.97 Å². The minimum atomic E-state index is -0.276. The van der Waals surface area contributed by atoms with Crippen LogP contribution in [0.2, 0.25) is 0 Å². The standard InChI is InChI=1S/C16H10N2O2/c19-15-10-6-2-4-8-12(10)17-14-13(15)9-5-1-3-7-11(9)18-16(14)20/h1-8H,(H,17,19)(H,18,20). The van der Waals surface area contributed by atoms with Crippen molar-refractivity contribution < 1.29 is 0 Å². The van der Waals surface area contributed by atoms with Crippen LogP contribution in [0.4, 0.5) is 0 Å². The highest BCUT2D eigenvalue weighted by Gasteiger charge is 2.11. The first-order valence-electron chi connectivity index (χ1n) is 6.31. The molecular weight excluding hydrogens is 252 g/mol. The van der Waals surface area contributed by atoms with Crippen molar-refractivity contribution in [3.05, 3.63) is 69.1 Å². The van der Waals surface area contributed by atoms with Gasteiger partial charge >= 0.3 is 0 Å². The number of H-pyrrole nitrogens is 2. The Morgan fingerprint density at radius 2 is 1.30 bits per heavy atom. The maximum Gasteiger partial charge on any atom is 0.272 e. The molecule has 0 atom stereocenters. The minimum Gasteiger partial charge on any atom is -0.350 e. The molecule has 96 valence electrons. The van der Waals surface area contributed by atoms with Crippen molar-refractivity contribution in [2.45, 2.75) is 0 Å². The molecule has 4 nitrogen and oxygen atoms in total. The summed E-state index contributed by atoms with van der Waals surface area (Å²) in [6.45, 7) is 0. The van der Waals surface area contributed by atoms with Crippen LogP contribution in [-0.2, 0) is 0 Å².